The van der Waals surface area contributed by atoms with Crippen LogP contribution in [0.5, 0.6) is 0 Å². The van der Waals surface area contributed by atoms with Gasteiger partial charge < -0.3 is 10.6 Å². The fraction of sp³-hybridized carbons (Fsp3) is 0.900. The van der Waals surface area contributed by atoms with Crippen LogP contribution in [0, 0.1) is 5.41 Å². The van der Waals surface area contributed by atoms with Gasteiger partial charge in [0.25, 0.3) is 0 Å². The number of nitrogens with two attached hydrogens (primary N) is 1. The normalized spacial score (nSPS) is 18.8. The summed E-state index contributed by atoms with van der Waals surface area (Å²) in [4.78, 5) is 2.18. The van der Waals surface area contributed by atoms with E-state index in [1.165, 1.54) is 0 Å². The van der Waals surface area contributed by atoms with Crippen LogP contribution in [0.4, 0.5) is 13.2 Å². The fourth-order valence-corrected chi connectivity index (χ4v) is 2.21. The number of nitrogens with zero attached hydrogens (tertiary/aromatic N) is 1. The molecule has 2 nitrogen and oxygen atoms in total. The first kappa shape index (κ1) is 13.7. The predicted molar refractivity (Wildman–Crippen MR) is 61.2 cm³/mol. The Morgan fingerprint density at radius 2 is 2.00 bits per heavy atom. The van der Waals surface area contributed by atoms with Crippen LogP contribution in [0.15, 0.2) is 0 Å². The van der Waals surface area contributed by atoms with Crippen molar-refractivity contribution in [3.05, 3.63) is 0 Å². The molecule has 0 aromatic heterocycles. The minimum absolute atomic E-state index is 0.0442. The molecule has 2 N–H and O–H groups in total. The van der Waals surface area contributed by atoms with E-state index in [1.807, 2.05) is 0 Å². The lowest BCUT2D eigenvalue weighted by molar-refractivity contribution is -0.137. The molecule has 16 heavy (non-hydrogen) atoms. The van der Waals surface area contributed by atoms with E-state index in [0.29, 0.717) is 18.0 Å². The van der Waals surface area contributed by atoms with Crippen LogP contribution in [0.3, 0.4) is 0 Å². The molecular formula is C10H17F3N2S. The first-order valence-corrected chi connectivity index (χ1v) is 5.67. The summed E-state index contributed by atoms with van der Waals surface area (Å²) in [7, 11) is 1.71. The van der Waals surface area contributed by atoms with Gasteiger partial charge in [-0.1, -0.05) is 12.2 Å². The van der Waals surface area contributed by atoms with Crippen LogP contribution in [0.25, 0.3) is 0 Å². The summed E-state index contributed by atoms with van der Waals surface area (Å²) in [5.74, 6) is 0. The highest BCUT2D eigenvalue weighted by Gasteiger charge is 2.43. The third-order valence-electron chi connectivity index (χ3n) is 2.89. The van der Waals surface area contributed by atoms with Crippen molar-refractivity contribution in [3.63, 3.8) is 0 Å². The predicted octanol–water partition coefficient (Wildman–Crippen LogP) is 2.33. The van der Waals surface area contributed by atoms with Gasteiger partial charge in [0, 0.05) is 19.5 Å². The fourth-order valence-electron chi connectivity index (χ4n) is 1.91. The van der Waals surface area contributed by atoms with E-state index in [-0.39, 0.29) is 12.0 Å². The minimum atomic E-state index is -4.08. The molecule has 0 atom stereocenters. The molecule has 1 aliphatic carbocycles. The Morgan fingerprint density at radius 3 is 2.38 bits per heavy atom. The second kappa shape index (κ2) is 4.87. The average Bonchev–Trinajstić information content (AvgIpc) is 2.79. The topological polar surface area (TPSA) is 29.3 Å². The van der Waals surface area contributed by atoms with E-state index in [4.69, 9.17) is 18.0 Å². The molecule has 0 bridgehead atoms. The van der Waals surface area contributed by atoms with E-state index in [1.54, 1.807) is 11.9 Å². The van der Waals surface area contributed by atoms with E-state index < -0.39 is 12.6 Å². The summed E-state index contributed by atoms with van der Waals surface area (Å²) in [5, 5.41) is 0. The maximum Gasteiger partial charge on any atom is 0.390 e. The van der Waals surface area contributed by atoms with Crippen molar-refractivity contribution in [1.29, 1.82) is 0 Å². The number of halogens is 3. The van der Waals surface area contributed by atoms with E-state index >= 15 is 0 Å². The van der Waals surface area contributed by atoms with Gasteiger partial charge in [0.1, 0.15) is 0 Å². The molecule has 0 spiro atoms. The van der Waals surface area contributed by atoms with E-state index in [2.05, 4.69) is 0 Å². The summed E-state index contributed by atoms with van der Waals surface area (Å²) in [6.07, 6.45) is -2.15. The molecule has 1 fully saturated rings. The number of thiocarbonyl (C=S) groups is 1. The Morgan fingerprint density at radius 1 is 1.44 bits per heavy atom. The summed E-state index contributed by atoms with van der Waals surface area (Å²) in [5.41, 5.74) is 5.53. The second-order valence-corrected chi connectivity index (χ2v) is 5.27. The van der Waals surface area contributed by atoms with Crippen molar-refractivity contribution in [2.24, 2.45) is 11.1 Å². The van der Waals surface area contributed by atoms with Crippen LogP contribution >= 0.6 is 12.2 Å². The van der Waals surface area contributed by atoms with E-state index in [0.717, 1.165) is 12.8 Å². The van der Waals surface area contributed by atoms with Crippen molar-refractivity contribution in [2.75, 3.05) is 20.1 Å². The lowest BCUT2D eigenvalue weighted by Crippen LogP contribution is -2.32. The molecule has 1 rings (SSSR count). The molecule has 0 saturated heterocycles. The molecule has 0 heterocycles. The second-order valence-electron chi connectivity index (χ2n) is 4.75. The molecule has 1 aliphatic rings. The van der Waals surface area contributed by atoms with Crippen molar-refractivity contribution in [3.8, 4) is 0 Å². The molecule has 1 saturated carbocycles. The van der Waals surface area contributed by atoms with Crippen molar-refractivity contribution in [2.45, 2.75) is 31.9 Å². The zero-order valence-corrected chi connectivity index (χ0v) is 10.1. The molecule has 6 heteroatoms. The molecule has 0 aromatic carbocycles. The maximum atomic E-state index is 12.0. The Labute approximate surface area is 99.0 Å². The molecular weight excluding hydrogens is 237 g/mol. The van der Waals surface area contributed by atoms with Gasteiger partial charge in [-0.05, 0) is 25.3 Å². The maximum absolute atomic E-state index is 12.0. The van der Waals surface area contributed by atoms with Gasteiger partial charge in [0.05, 0.1) is 11.4 Å². The van der Waals surface area contributed by atoms with E-state index in [9.17, 15) is 13.2 Å². The standard InChI is InChI=1S/C10H17F3N2S/c1-15(5-4-10(11,12)13)7-9(2-3-9)6-8(14)16/h2-7H2,1H3,(H2,14,16). The van der Waals surface area contributed by atoms with Gasteiger partial charge in [-0.3, -0.25) is 0 Å². The van der Waals surface area contributed by atoms with Crippen LogP contribution in [0.2, 0.25) is 0 Å². The van der Waals surface area contributed by atoms with Gasteiger partial charge in [0.2, 0.25) is 0 Å². The SMILES string of the molecule is CN(CCC(F)(F)F)CC1(CC(N)=S)CC1. The van der Waals surface area contributed by atoms with Crippen LogP contribution in [-0.2, 0) is 0 Å². The number of rotatable bonds is 6. The highest BCUT2D eigenvalue weighted by Crippen LogP contribution is 2.49. The highest BCUT2D eigenvalue weighted by molar-refractivity contribution is 7.80. The van der Waals surface area contributed by atoms with Crippen LogP contribution in [0.1, 0.15) is 25.7 Å². The minimum Gasteiger partial charge on any atom is -0.393 e. The lowest BCUT2D eigenvalue weighted by Gasteiger charge is -2.23. The monoisotopic (exact) mass is 254 g/mol. The van der Waals surface area contributed by atoms with Gasteiger partial charge in [-0.2, -0.15) is 13.2 Å². The van der Waals surface area contributed by atoms with Gasteiger partial charge in [0.15, 0.2) is 0 Å². The number of alkyl halides is 3. The molecule has 0 aromatic rings. The zero-order chi connectivity index (χ0) is 12.4. The van der Waals surface area contributed by atoms with Gasteiger partial charge in [-0.15, -0.1) is 0 Å². The van der Waals surface area contributed by atoms with Crippen molar-refractivity contribution in [1.82, 2.24) is 4.90 Å². The first-order valence-electron chi connectivity index (χ1n) is 5.26. The van der Waals surface area contributed by atoms with Crippen LogP contribution < -0.4 is 5.73 Å². The van der Waals surface area contributed by atoms with Crippen molar-refractivity contribution < 1.29 is 13.2 Å². The Bertz CT molecular complexity index is 261. The molecule has 94 valence electrons. The largest absolute Gasteiger partial charge is 0.393 e. The molecule has 0 radical (unpaired) electrons. The molecule has 0 amide bonds. The summed E-state index contributed by atoms with van der Waals surface area (Å²) >= 11 is 4.84. The summed E-state index contributed by atoms with van der Waals surface area (Å²) < 4.78 is 36.0. The summed E-state index contributed by atoms with van der Waals surface area (Å²) in [6.45, 7) is 0.697. The Balaban J connectivity index is 2.29. The van der Waals surface area contributed by atoms with Gasteiger partial charge in [-0.25, -0.2) is 0 Å². The first-order chi connectivity index (χ1) is 7.22. The highest BCUT2D eigenvalue weighted by atomic mass is 32.1. The smallest absolute Gasteiger partial charge is 0.390 e. The molecule has 0 unspecified atom stereocenters. The quantitative estimate of drug-likeness (QED) is 0.738. The van der Waals surface area contributed by atoms with Crippen molar-refractivity contribution >= 4 is 17.2 Å². The average molecular weight is 254 g/mol. The summed E-state index contributed by atoms with van der Waals surface area (Å²) in [6, 6.07) is 0. The third-order valence-corrected chi connectivity index (χ3v) is 3.03. The lowest BCUT2D eigenvalue weighted by atomic mass is 10.0. The molecule has 0 aliphatic heterocycles. The van der Waals surface area contributed by atoms with Gasteiger partial charge >= 0.3 is 6.18 Å². The van der Waals surface area contributed by atoms with Crippen LogP contribution in [-0.4, -0.2) is 36.2 Å². The number of hydrogen-bond donors (Lipinski definition) is 1. The third kappa shape index (κ3) is 5.12. The zero-order valence-electron chi connectivity index (χ0n) is 9.31. The number of hydrogen-bond acceptors (Lipinski definition) is 2. The Kier molecular flexibility index (Phi) is 4.17. The Hall–Kier alpha value is -0.360.